The highest BCUT2D eigenvalue weighted by atomic mass is 16.5. The standard InChI is InChI=1S/C20H26N2O/c1-16-5-3-4-6-20(16)17(2)21-15-18-7-9-19(10-8-18)22-11-13-23-14-12-22/h3-10,17,21H,11-15H2,1-2H3. The van der Waals surface area contributed by atoms with E-state index in [-0.39, 0.29) is 0 Å². The maximum Gasteiger partial charge on any atom is 0.0642 e. The van der Waals surface area contributed by atoms with Gasteiger partial charge in [0.2, 0.25) is 0 Å². The van der Waals surface area contributed by atoms with Crippen molar-refractivity contribution in [2.24, 2.45) is 0 Å². The molecule has 23 heavy (non-hydrogen) atoms. The first kappa shape index (κ1) is 16.0. The lowest BCUT2D eigenvalue weighted by Gasteiger charge is -2.29. The summed E-state index contributed by atoms with van der Waals surface area (Å²) in [5, 5.41) is 3.62. The Morgan fingerprint density at radius 1 is 1.04 bits per heavy atom. The van der Waals surface area contributed by atoms with E-state index in [9.17, 15) is 0 Å². The van der Waals surface area contributed by atoms with E-state index >= 15 is 0 Å². The molecule has 0 aromatic heterocycles. The molecule has 0 spiro atoms. The van der Waals surface area contributed by atoms with Gasteiger partial charge in [0.05, 0.1) is 13.2 Å². The van der Waals surface area contributed by atoms with Crippen LogP contribution in [-0.2, 0) is 11.3 Å². The second-order valence-electron chi connectivity index (χ2n) is 6.23. The van der Waals surface area contributed by atoms with E-state index in [0.29, 0.717) is 6.04 Å². The molecular formula is C20H26N2O. The number of hydrogen-bond acceptors (Lipinski definition) is 3. The van der Waals surface area contributed by atoms with E-state index in [1.54, 1.807) is 0 Å². The Hall–Kier alpha value is -1.84. The summed E-state index contributed by atoms with van der Waals surface area (Å²) in [4.78, 5) is 2.39. The van der Waals surface area contributed by atoms with E-state index in [0.717, 1.165) is 32.8 Å². The number of rotatable bonds is 5. The highest BCUT2D eigenvalue weighted by molar-refractivity contribution is 5.48. The van der Waals surface area contributed by atoms with Crippen molar-refractivity contribution in [2.45, 2.75) is 26.4 Å². The van der Waals surface area contributed by atoms with Crippen molar-refractivity contribution in [3.05, 3.63) is 65.2 Å². The van der Waals surface area contributed by atoms with Crippen LogP contribution >= 0.6 is 0 Å². The smallest absolute Gasteiger partial charge is 0.0642 e. The lowest BCUT2D eigenvalue weighted by atomic mass is 10.0. The molecule has 1 unspecified atom stereocenters. The molecule has 3 rings (SSSR count). The highest BCUT2D eigenvalue weighted by Crippen LogP contribution is 2.19. The van der Waals surface area contributed by atoms with Crippen molar-refractivity contribution >= 4 is 5.69 Å². The van der Waals surface area contributed by atoms with Gasteiger partial charge in [-0.2, -0.15) is 0 Å². The first-order chi connectivity index (χ1) is 11.2. The molecular weight excluding hydrogens is 284 g/mol. The normalized spacial score (nSPS) is 16.3. The zero-order chi connectivity index (χ0) is 16.1. The van der Waals surface area contributed by atoms with Gasteiger partial charge in [-0.25, -0.2) is 0 Å². The number of anilines is 1. The van der Waals surface area contributed by atoms with Crippen LogP contribution in [-0.4, -0.2) is 26.3 Å². The van der Waals surface area contributed by atoms with E-state index in [1.165, 1.54) is 22.4 Å². The summed E-state index contributed by atoms with van der Waals surface area (Å²) in [6, 6.07) is 17.8. The van der Waals surface area contributed by atoms with Crippen molar-refractivity contribution in [3.63, 3.8) is 0 Å². The van der Waals surface area contributed by atoms with Crippen LogP contribution in [0.4, 0.5) is 5.69 Å². The van der Waals surface area contributed by atoms with Gasteiger partial charge in [-0.05, 0) is 42.7 Å². The van der Waals surface area contributed by atoms with Crippen LogP contribution in [0.5, 0.6) is 0 Å². The minimum Gasteiger partial charge on any atom is -0.378 e. The minimum absolute atomic E-state index is 0.357. The summed E-state index contributed by atoms with van der Waals surface area (Å²) >= 11 is 0. The fourth-order valence-electron chi connectivity index (χ4n) is 3.10. The van der Waals surface area contributed by atoms with Gasteiger partial charge in [-0.15, -0.1) is 0 Å². The molecule has 0 bridgehead atoms. The van der Waals surface area contributed by atoms with E-state index in [1.807, 2.05) is 0 Å². The first-order valence-corrected chi connectivity index (χ1v) is 8.44. The molecule has 1 fully saturated rings. The Morgan fingerprint density at radius 2 is 1.74 bits per heavy atom. The quantitative estimate of drug-likeness (QED) is 0.911. The molecule has 0 radical (unpaired) electrons. The second kappa shape index (κ2) is 7.62. The van der Waals surface area contributed by atoms with Gasteiger partial charge >= 0.3 is 0 Å². The molecule has 1 heterocycles. The van der Waals surface area contributed by atoms with Gasteiger partial charge < -0.3 is 15.0 Å². The van der Waals surface area contributed by atoms with Crippen LogP contribution in [0.2, 0.25) is 0 Å². The van der Waals surface area contributed by atoms with Crippen LogP contribution in [0.1, 0.15) is 29.7 Å². The van der Waals surface area contributed by atoms with Crippen LogP contribution in [0, 0.1) is 6.92 Å². The molecule has 1 atom stereocenters. The van der Waals surface area contributed by atoms with Gasteiger partial charge in [0.15, 0.2) is 0 Å². The Morgan fingerprint density at radius 3 is 2.43 bits per heavy atom. The maximum atomic E-state index is 5.41. The number of nitrogens with one attached hydrogen (secondary N) is 1. The average Bonchev–Trinajstić information content (AvgIpc) is 2.61. The fourth-order valence-corrected chi connectivity index (χ4v) is 3.10. The highest BCUT2D eigenvalue weighted by Gasteiger charge is 2.11. The third kappa shape index (κ3) is 4.12. The summed E-state index contributed by atoms with van der Waals surface area (Å²) in [6.45, 7) is 8.92. The lowest BCUT2D eigenvalue weighted by Crippen LogP contribution is -2.36. The van der Waals surface area contributed by atoms with Crippen LogP contribution < -0.4 is 10.2 Å². The van der Waals surface area contributed by atoms with E-state index < -0.39 is 0 Å². The maximum absolute atomic E-state index is 5.41. The van der Waals surface area contributed by atoms with Gasteiger partial charge in [0, 0.05) is 31.4 Å². The molecule has 2 aromatic rings. The lowest BCUT2D eigenvalue weighted by molar-refractivity contribution is 0.122. The largest absolute Gasteiger partial charge is 0.378 e. The van der Waals surface area contributed by atoms with Crippen LogP contribution in [0.15, 0.2) is 48.5 Å². The molecule has 0 amide bonds. The predicted octanol–water partition coefficient (Wildman–Crippen LogP) is 3.68. The SMILES string of the molecule is Cc1ccccc1C(C)NCc1ccc(N2CCOCC2)cc1. The number of nitrogens with zero attached hydrogens (tertiary/aromatic N) is 1. The molecule has 1 aliphatic heterocycles. The summed E-state index contributed by atoms with van der Waals surface area (Å²) < 4.78 is 5.41. The summed E-state index contributed by atoms with van der Waals surface area (Å²) in [5.41, 5.74) is 5.33. The Kier molecular flexibility index (Phi) is 5.31. The molecule has 0 saturated carbocycles. The fraction of sp³-hybridized carbons (Fsp3) is 0.400. The summed E-state index contributed by atoms with van der Waals surface area (Å²) in [5.74, 6) is 0. The van der Waals surface area contributed by atoms with Crippen molar-refractivity contribution < 1.29 is 4.74 Å². The van der Waals surface area contributed by atoms with Crippen LogP contribution in [0.25, 0.3) is 0 Å². The number of hydrogen-bond donors (Lipinski definition) is 1. The third-order valence-electron chi connectivity index (χ3n) is 4.58. The Balaban J connectivity index is 1.57. The molecule has 0 aliphatic carbocycles. The van der Waals surface area contributed by atoms with Crippen molar-refractivity contribution in [1.29, 1.82) is 0 Å². The molecule has 1 N–H and O–H groups in total. The molecule has 1 saturated heterocycles. The van der Waals surface area contributed by atoms with Gasteiger partial charge in [0.25, 0.3) is 0 Å². The van der Waals surface area contributed by atoms with Crippen molar-refractivity contribution in [1.82, 2.24) is 5.32 Å². The summed E-state index contributed by atoms with van der Waals surface area (Å²) in [7, 11) is 0. The molecule has 3 heteroatoms. The first-order valence-electron chi connectivity index (χ1n) is 8.44. The predicted molar refractivity (Wildman–Crippen MR) is 95.9 cm³/mol. The minimum atomic E-state index is 0.357. The van der Waals surface area contributed by atoms with Gasteiger partial charge in [0.1, 0.15) is 0 Å². The topological polar surface area (TPSA) is 24.5 Å². The molecule has 3 nitrogen and oxygen atoms in total. The summed E-state index contributed by atoms with van der Waals surface area (Å²) in [6.07, 6.45) is 0. The molecule has 2 aromatic carbocycles. The molecule has 1 aliphatic rings. The Bertz CT molecular complexity index is 618. The number of aryl methyl sites for hydroxylation is 1. The van der Waals surface area contributed by atoms with E-state index in [4.69, 9.17) is 4.74 Å². The van der Waals surface area contributed by atoms with Crippen LogP contribution in [0.3, 0.4) is 0 Å². The monoisotopic (exact) mass is 310 g/mol. The van der Waals surface area contributed by atoms with Crippen molar-refractivity contribution in [2.75, 3.05) is 31.2 Å². The third-order valence-corrected chi connectivity index (χ3v) is 4.58. The number of morpholine rings is 1. The second-order valence-corrected chi connectivity index (χ2v) is 6.23. The average molecular weight is 310 g/mol. The zero-order valence-electron chi connectivity index (χ0n) is 14.1. The zero-order valence-corrected chi connectivity index (χ0v) is 14.1. The van der Waals surface area contributed by atoms with E-state index in [2.05, 4.69) is 72.6 Å². The number of benzene rings is 2. The van der Waals surface area contributed by atoms with Gasteiger partial charge in [-0.1, -0.05) is 36.4 Å². The molecule has 122 valence electrons. The van der Waals surface area contributed by atoms with Crippen molar-refractivity contribution in [3.8, 4) is 0 Å². The Labute approximate surface area is 139 Å². The van der Waals surface area contributed by atoms with Gasteiger partial charge in [-0.3, -0.25) is 0 Å². The number of ether oxygens (including phenoxy) is 1.